The molecule has 3 nitrogen and oxygen atoms in total. The number of ether oxygens (including phenoxy) is 1. The standard InChI is InChI=1S/C17H22N2O/c1-4-17(18-3)14-8-6-7-13(9-14)15-10-16(20-5-2)12-19-11-15/h6-12,17-18H,4-5H2,1-3H3. The molecular weight excluding hydrogens is 248 g/mol. The van der Waals surface area contributed by atoms with Crippen LogP contribution in [0, 0.1) is 0 Å². The molecule has 1 aromatic heterocycles. The minimum Gasteiger partial charge on any atom is -0.492 e. The summed E-state index contributed by atoms with van der Waals surface area (Å²) in [6.07, 6.45) is 4.69. The van der Waals surface area contributed by atoms with Gasteiger partial charge in [0, 0.05) is 17.8 Å². The van der Waals surface area contributed by atoms with E-state index in [9.17, 15) is 0 Å². The van der Waals surface area contributed by atoms with E-state index in [1.54, 1.807) is 6.20 Å². The fourth-order valence-electron chi connectivity index (χ4n) is 2.36. The van der Waals surface area contributed by atoms with E-state index in [1.165, 1.54) is 11.1 Å². The summed E-state index contributed by atoms with van der Waals surface area (Å²) in [7, 11) is 2.00. The van der Waals surface area contributed by atoms with Crippen molar-refractivity contribution in [3.8, 4) is 16.9 Å². The van der Waals surface area contributed by atoms with Crippen molar-refractivity contribution in [1.82, 2.24) is 10.3 Å². The Morgan fingerprint density at radius 3 is 2.70 bits per heavy atom. The number of aromatic nitrogens is 1. The molecule has 0 saturated carbocycles. The van der Waals surface area contributed by atoms with Crippen molar-refractivity contribution < 1.29 is 4.74 Å². The van der Waals surface area contributed by atoms with Crippen LogP contribution in [0.1, 0.15) is 31.9 Å². The Morgan fingerprint density at radius 1 is 1.15 bits per heavy atom. The van der Waals surface area contributed by atoms with Crippen molar-refractivity contribution >= 4 is 0 Å². The van der Waals surface area contributed by atoms with E-state index in [0.717, 1.165) is 17.7 Å². The van der Waals surface area contributed by atoms with E-state index >= 15 is 0 Å². The molecular formula is C17H22N2O. The van der Waals surface area contributed by atoms with Crippen LogP contribution in [0.3, 0.4) is 0 Å². The van der Waals surface area contributed by atoms with Crippen LogP contribution in [0.4, 0.5) is 0 Å². The first-order chi connectivity index (χ1) is 9.78. The molecule has 0 bridgehead atoms. The molecule has 1 N–H and O–H groups in total. The van der Waals surface area contributed by atoms with Crippen LogP contribution in [-0.4, -0.2) is 18.6 Å². The van der Waals surface area contributed by atoms with Crippen molar-refractivity contribution in [2.75, 3.05) is 13.7 Å². The van der Waals surface area contributed by atoms with Crippen LogP contribution in [0.5, 0.6) is 5.75 Å². The second-order valence-electron chi connectivity index (χ2n) is 4.72. The first-order valence-corrected chi connectivity index (χ1v) is 7.14. The maximum atomic E-state index is 5.51. The van der Waals surface area contributed by atoms with Gasteiger partial charge in [-0.3, -0.25) is 4.98 Å². The monoisotopic (exact) mass is 270 g/mol. The summed E-state index contributed by atoms with van der Waals surface area (Å²) in [6.45, 7) is 4.82. The third-order valence-corrected chi connectivity index (χ3v) is 3.40. The predicted octanol–water partition coefficient (Wildman–Crippen LogP) is 3.82. The molecule has 3 heteroatoms. The van der Waals surface area contributed by atoms with Gasteiger partial charge in [0.2, 0.25) is 0 Å². The van der Waals surface area contributed by atoms with Crippen molar-refractivity contribution in [3.05, 3.63) is 48.3 Å². The van der Waals surface area contributed by atoms with Gasteiger partial charge in [-0.05, 0) is 43.7 Å². The van der Waals surface area contributed by atoms with Gasteiger partial charge in [0.15, 0.2) is 0 Å². The third kappa shape index (κ3) is 3.36. The van der Waals surface area contributed by atoms with E-state index in [4.69, 9.17) is 4.74 Å². The highest BCUT2D eigenvalue weighted by molar-refractivity contribution is 5.64. The van der Waals surface area contributed by atoms with E-state index in [2.05, 4.69) is 41.5 Å². The summed E-state index contributed by atoms with van der Waals surface area (Å²) >= 11 is 0. The molecule has 0 aliphatic rings. The summed E-state index contributed by atoms with van der Waals surface area (Å²) in [5.41, 5.74) is 3.56. The Kier molecular flexibility index (Phi) is 5.13. The summed E-state index contributed by atoms with van der Waals surface area (Å²) in [6, 6.07) is 11.0. The van der Waals surface area contributed by atoms with Gasteiger partial charge in [-0.25, -0.2) is 0 Å². The lowest BCUT2D eigenvalue weighted by Crippen LogP contribution is -2.15. The normalized spacial score (nSPS) is 12.2. The summed E-state index contributed by atoms with van der Waals surface area (Å²) in [4.78, 5) is 4.25. The van der Waals surface area contributed by atoms with Crippen LogP contribution >= 0.6 is 0 Å². The average Bonchev–Trinajstić information content (AvgIpc) is 2.50. The number of rotatable bonds is 6. The van der Waals surface area contributed by atoms with Gasteiger partial charge < -0.3 is 10.1 Å². The van der Waals surface area contributed by atoms with Crippen molar-refractivity contribution in [2.45, 2.75) is 26.3 Å². The molecule has 2 rings (SSSR count). The lowest BCUT2D eigenvalue weighted by atomic mass is 9.99. The maximum Gasteiger partial charge on any atom is 0.138 e. The van der Waals surface area contributed by atoms with Gasteiger partial charge in [0.25, 0.3) is 0 Å². The van der Waals surface area contributed by atoms with Crippen molar-refractivity contribution in [1.29, 1.82) is 0 Å². The van der Waals surface area contributed by atoms with Gasteiger partial charge in [0.05, 0.1) is 12.8 Å². The lowest BCUT2D eigenvalue weighted by Gasteiger charge is -2.15. The van der Waals surface area contributed by atoms with Gasteiger partial charge in [-0.15, -0.1) is 0 Å². The minimum absolute atomic E-state index is 0.387. The third-order valence-electron chi connectivity index (χ3n) is 3.40. The highest BCUT2D eigenvalue weighted by Gasteiger charge is 2.08. The zero-order valence-electron chi connectivity index (χ0n) is 12.4. The van der Waals surface area contributed by atoms with E-state index < -0.39 is 0 Å². The van der Waals surface area contributed by atoms with Crippen LogP contribution < -0.4 is 10.1 Å². The van der Waals surface area contributed by atoms with Crippen LogP contribution in [0.2, 0.25) is 0 Å². The Morgan fingerprint density at radius 2 is 2.00 bits per heavy atom. The molecule has 0 fully saturated rings. The maximum absolute atomic E-state index is 5.51. The highest BCUT2D eigenvalue weighted by Crippen LogP contribution is 2.26. The Balaban J connectivity index is 2.33. The predicted molar refractivity (Wildman–Crippen MR) is 82.9 cm³/mol. The number of pyridine rings is 1. The van der Waals surface area contributed by atoms with Crippen molar-refractivity contribution in [2.24, 2.45) is 0 Å². The van der Waals surface area contributed by atoms with E-state index in [1.807, 2.05) is 26.2 Å². The minimum atomic E-state index is 0.387. The van der Waals surface area contributed by atoms with Crippen LogP contribution in [-0.2, 0) is 0 Å². The fraction of sp³-hybridized carbons (Fsp3) is 0.353. The van der Waals surface area contributed by atoms with E-state index in [-0.39, 0.29) is 0 Å². The number of hydrogen-bond acceptors (Lipinski definition) is 3. The summed E-state index contributed by atoms with van der Waals surface area (Å²) in [5.74, 6) is 0.816. The first-order valence-electron chi connectivity index (χ1n) is 7.14. The largest absolute Gasteiger partial charge is 0.492 e. The molecule has 0 saturated heterocycles. The van der Waals surface area contributed by atoms with Crippen LogP contribution in [0.25, 0.3) is 11.1 Å². The molecule has 1 aromatic carbocycles. The number of nitrogens with zero attached hydrogens (tertiary/aromatic N) is 1. The number of nitrogens with one attached hydrogen (secondary N) is 1. The second-order valence-corrected chi connectivity index (χ2v) is 4.72. The summed E-state index contributed by atoms with van der Waals surface area (Å²) in [5, 5.41) is 3.34. The summed E-state index contributed by atoms with van der Waals surface area (Å²) < 4.78 is 5.51. The number of benzene rings is 1. The van der Waals surface area contributed by atoms with Gasteiger partial charge in [-0.2, -0.15) is 0 Å². The first kappa shape index (κ1) is 14.5. The number of hydrogen-bond donors (Lipinski definition) is 1. The Hall–Kier alpha value is -1.87. The van der Waals surface area contributed by atoms with Crippen molar-refractivity contribution in [3.63, 3.8) is 0 Å². The molecule has 1 atom stereocenters. The fourth-order valence-corrected chi connectivity index (χ4v) is 2.36. The topological polar surface area (TPSA) is 34.1 Å². The van der Waals surface area contributed by atoms with Crippen LogP contribution in [0.15, 0.2) is 42.7 Å². The molecule has 0 aliphatic carbocycles. The average molecular weight is 270 g/mol. The molecule has 106 valence electrons. The second kappa shape index (κ2) is 7.06. The van der Waals surface area contributed by atoms with Gasteiger partial charge in [0.1, 0.15) is 5.75 Å². The Bertz CT molecular complexity index is 550. The van der Waals surface area contributed by atoms with E-state index in [0.29, 0.717) is 12.6 Å². The Labute approximate surface area is 121 Å². The van der Waals surface area contributed by atoms with Gasteiger partial charge >= 0.3 is 0 Å². The SMILES string of the molecule is CCOc1cncc(-c2cccc(C(CC)NC)c2)c1. The molecule has 0 radical (unpaired) electrons. The zero-order chi connectivity index (χ0) is 14.4. The molecule has 0 amide bonds. The molecule has 0 aliphatic heterocycles. The lowest BCUT2D eigenvalue weighted by molar-refractivity contribution is 0.339. The smallest absolute Gasteiger partial charge is 0.138 e. The quantitative estimate of drug-likeness (QED) is 0.866. The van der Waals surface area contributed by atoms with Gasteiger partial charge in [-0.1, -0.05) is 25.1 Å². The highest BCUT2D eigenvalue weighted by atomic mass is 16.5. The molecule has 20 heavy (non-hydrogen) atoms. The molecule has 1 heterocycles. The molecule has 1 unspecified atom stereocenters. The zero-order valence-corrected chi connectivity index (χ0v) is 12.4. The molecule has 0 spiro atoms. The molecule has 2 aromatic rings.